The van der Waals surface area contributed by atoms with Gasteiger partial charge in [-0.05, 0) is 26.9 Å². The SMILES string of the molecule is CCCCN(C)C(CO)[C@@H](O)[C@@H](C)O. The van der Waals surface area contributed by atoms with Crippen LogP contribution in [0.2, 0.25) is 0 Å². The molecule has 0 rings (SSSR count). The first kappa shape index (κ1) is 13.8. The van der Waals surface area contributed by atoms with E-state index in [1.807, 2.05) is 11.9 Å². The zero-order valence-corrected chi connectivity index (χ0v) is 9.35. The van der Waals surface area contributed by atoms with Crippen molar-refractivity contribution in [2.24, 2.45) is 0 Å². The average molecular weight is 205 g/mol. The molecule has 0 aliphatic rings. The van der Waals surface area contributed by atoms with Crippen LogP contribution in [-0.2, 0) is 0 Å². The van der Waals surface area contributed by atoms with E-state index in [0.29, 0.717) is 0 Å². The summed E-state index contributed by atoms with van der Waals surface area (Å²) in [5, 5.41) is 27.9. The summed E-state index contributed by atoms with van der Waals surface area (Å²) in [6, 6.07) is -0.374. The van der Waals surface area contributed by atoms with E-state index in [2.05, 4.69) is 6.92 Å². The maximum absolute atomic E-state index is 9.60. The molecule has 0 aliphatic carbocycles. The van der Waals surface area contributed by atoms with Gasteiger partial charge in [-0.15, -0.1) is 0 Å². The van der Waals surface area contributed by atoms with Crippen LogP contribution in [0.15, 0.2) is 0 Å². The Bertz CT molecular complexity index is 141. The predicted molar refractivity (Wildman–Crippen MR) is 56.1 cm³/mol. The van der Waals surface area contributed by atoms with E-state index in [4.69, 9.17) is 5.11 Å². The number of hydrogen-bond acceptors (Lipinski definition) is 4. The van der Waals surface area contributed by atoms with Crippen molar-refractivity contribution in [2.75, 3.05) is 20.2 Å². The number of aliphatic hydroxyl groups is 3. The van der Waals surface area contributed by atoms with Crippen LogP contribution < -0.4 is 0 Å². The second kappa shape index (κ2) is 7.17. The largest absolute Gasteiger partial charge is 0.395 e. The monoisotopic (exact) mass is 205 g/mol. The molecule has 0 spiro atoms. The maximum Gasteiger partial charge on any atom is 0.0973 e. The Morgan fingerprint density at radius 3 is 2.21 bits per heavy atom. The average Bonchev–Trinajstić information content (AvgIpc) is 2.15. The third kappa shape index (κ3) is 4.37. The van der Waals surface area contributed by atoms with Crippen LogP contribution in [0.5, 0.6) is 0 Å². The molecule has 0 aromatic rings. The van der Waals surface area contributed by atoms with Gasteiger partial charge in [0.2, 0.25) is 0 Å². The van der Waals surface area contributed by atoms with E-state index in [0.717, 1.165) is 19.4 Å². The van der Waals surface area contributed by atoms with Gasteiger partial charge in [0.25, 0.3) is 0 Å². The van der Waals surface area contributed by atoms with Gasteiger partial charge in [0.1, 0.15) is 0 Å². The fourth-order valence-electron chi connectivity index (χ4n) is 1.40. The van der Waals surface area contributed by atoms with Crippen molar-refractivity contribution >= 4 is 0 Å². The van der Waals surface area contributed by atoms with Gasteiger partial charge in [0.05, 0.1) is 24.9 Å². The van der Waals surface area contributed by atoms with Crippen LogP contribution in [0.3, 0.4) is 0 Å². The normalized spacial score (nSPS) is 18.2. The Kier molecular flexibility index (Phi) is 7.09. The molecule has 14 heavy (non-hydrogen) atoms. The number of rotatable bonds is 7. The van der Waals surface area contributed by atoms with E-state index >= 15 is 0 Å². The summed E-state index contributed by atoms with van der Waals surface area (Å²) in [4.78, 5) is 1.89. The van der Waals surface area contributed by atoms with Crippen LogP contribution in [-0.4, -0.2) is 58.7 Å². The van der Waals surface area contributed by atoms with E-state index in [1.165, 1.54) is 6.92 Å². The topological polar surface area (TPSA) is 63.9 Å². The van der Waals surface area contributed by atoms with Crippen molar-refractivity contribution in [3.05, 3.63) is 0 Å². The summed E-state index contributed by atoms with van der Waals surface area (Å²) in [6.07, 6.45) is 0.408. The first-order chi connectivity index (χ1) is 6.54. The fourth-order valence-corrected chi connectivity index (χ4v) is 1.40. The zero-order chi connectivity index (χ0) is 11.1. The summed E-state index contributed by atoms with van der Waals surface area (Å²) in [5.74, 6) is 0. The molecule has 4 heteroatoms. The Morgan fingerprint density at radius 2 is 1.86 bits per heavy atom. The van der Waals surface area contributed by atoms with Gasteiger partial charge in [-0.1, -0.05) is 13.3 Å². The highest BCUT2D eigenvalue weighted by Crippen LogP contribution is 2.07. The van der Waals surface area contributed by atoms with Crippen molar-refractivity contribution in [2.45, 2.75) is 44.9 Å². The van der Waals surface area contributed by atoms with Crippen LogP contribution >= 0.6 is 0 Å². The molecule has 1 unspecified atom stereocenters. The minimum absolute atomic E-state index is 0.133. The van der Waals surface area contributed by atoms with Gasteiger partial charge < -0.3 is 15.3 Å². The van der Waals surface area contributed by atoms with E-state index in [9.17, 15) is 10.2 Å². The maximum atomic E-state index is 9.60. The lowest BCUT2D eigenvalue weighted by molar-refractivity contribution is -0.0412. The van der Waals surface area contributed by atoms with Crippen molar-refractivity contribution < 1.29 is 15.3 Å². The van der Waals surface area contributed by atoms with Crippen LogP contribution in [0.25, 0.3) is 0 Å². The van der Waals surface area contributed by atoms with Gasteiger partial charge in [0.15, 0.2) is 0 Å². The highest BCUT2D eigenvalue weighted by molar-refractivity contribution is 4.79. The van der Waals surface area contributed by atoms with Gasteiger partial charge in [-0.3, -0.25) is 4.90 Å². The minimum Gasteiger partial charge on any atom is -0.395 e. The predicted octanol–water partition coefficient (Wildman–Crippen LogP) is -0.179. The van der Waals surface area contributed by atoms with Crippen LogP contribution in [0, 0.1) is 0 Å². The summed E-state index contributed by atoms with van der Waals surface area (Å²) < 4.78 is 0. The van der Waals surface area contributed by atoms with E-state index < -0.39 is 12.2 Å². The molecule has 3 N–H and O–H groups in total. The molecule has 86 valence electrons. The molecule has 0 radical (unpaired) electrons. The Labute approximate surface area is 86.2 Å². The van der Waals surface area contributed by atoms with Crippen molar-refractivity contribution in [3.8, 4) is 0 Å². The molecule has 3 atom stereocenters. The number of likely N-dealkylation sites (N-methyl/N-ethyl adjacent to an activating group) is 1. The standard InChI is InChI=1S/C10H23NO3/c1-4-5-6-11(3)9(7-12)10(14)8(2)13/h8-10,12-14H,4-7H2,1-3H3/t8-,9?,10+/m1/s1. The van der Waals surface area contributed by atoms with E-state index in [1.54, 1.807) is 0 Å². The lowest BCUT2D eigenvalue weighted by atomic mass is 10.1. The summed E-state index contributed by atoms with van der Waals surface area (Å²) in [7, 11) is 1.85. The van der Waals surface area contributed by atoms with Crippen molar-refractivity contribution in [1.29, 1.82) is 0 Å². The van der Waals surface area contributed by atoms with Gasteiger partial charge in [-0.25, -0.2) is 0 Å². The number of aliphatic hydroxyl groups excluding tert-OH is 3. The lowest BCUT2D eigenvalue weighted by Crippen LogP contribution is -2.48. The first-order valence-electron chi connectivity index (χ1n) is 5.21. The molecular formula is C10H23NO3. The number of nitrogens with zero attached hydrogens (tertiary/aromatic N) is 1. The van der Waals surface area contributed by atoms with Crippen LogP contribution in [0.1, 0.15) is 26.7 Å². The molecule has 0 fully saturated rings. The second-order valence-corrected chi connectivity index (χ2v) is 3.82. The van der Waals surface area contributed by atoms with Gasteiger partial charge in [-0.2, -0.15) is 0 Å². The smallest absolute Gasteiger partial charge is 0.0973 e. The fraction of sp³-hybridized carbons (Fsp3) is 1.00. The Balaban J connectivity index is 4.10. The highest BCUT2D eigenvalue weighted by atomic mass is 16.3. The van der Waals surface area contributed by atoms with Crippen LogP contribution in [0.4, 0.5) is 0 Å². The zero-order valence-electron chi connectivity index (χ0n) is 9.35. The third-order valence-electron chi connectivity index (χ3n) is 2.51. The number of unbranched alkanes of at least 4 members (excludes halogenated alkanes) is 1. The highest BCUT2D eigenvalue weighted by Gasteiger charge is 2.25. The van der Waals surface area contributed by atoms with Gasteiger partial charge in [0, 0.05) is 0 Å². The second-order valence-electron chi connectivity index (χ2n) is 3.82. The molecule has 0 aromatic carbocycles. The van der Waals surface area contributed by atoms with Crippen molar-refractivity contribution in [3.63, 3.8) is 0 Å². The molecular weight excluding hydrogens is 182 g/mol. The molecule has 0 saturated heterocycles. The first-order valence-corrected chi connectivity index (χ1v) is 5.21. The lowest BCUT2D eigenvalue weighted by Gasteiger charge is -2.31. The molecule has 0 heterocycles. The molecule has 0 amide bonds. The molecule has 0 aromatic heterocycles. The minimum atomic E-state index is -0.887. The summed E-state index contributed by atoms with van der Waals surface area (Å²) in [5.41, 5.74) is 0. The quantitative estimate of drug-likeness (QED) is 0.539. The Morgan fingerprint density at radius 1 is 1.29 bits per heavy atom. The summed E-state index contributed by atoms with van der Waals surface area (Å²) >= 11 is 0. The molecule has 4 nitrogen and oxygen atoms in total. The molecule has 0 aliphatic heterocycles. The van der Waals surface area contributed by atoms with E-state index in [-0.39, 0.29) is 12.6 Å². The molecule has 0 saturated carbocycles. The third-order valence-corrected chi connectivity index (χ3v) is 2.51. The van der Waals surface area contributed by atoms with Gasteiger partial charge >= 0.3 is 0 Å². The van der Waals surface area contributed by atoms with Crippen molar-refractivity contribution in [1.82, 2.24) is 4.90 Å². The molecule has 0 bridgehead atoms. The summed E-state index contributed by atoms with van der Waals surface area (Å²) in [6.45, 7) is 4.31. The Hall–Kier alpha value is -0.160. The number of hydrogen-bond donors (Lipinski definition) is 3.